The fourth-order valence-electron chi connectivity index (χ4n) is 3.42. The van der Waals surface area contributed by atoms with Gasteiger partial charge in [0, 0.05) is 18.8 Å². The highest BCUT2D eigenvalue weighted by Crippen LogP contribution is 2.31. The first-order valence-corrected chi connectivity index (χ1v) is 9.24. The third-order valence-electron chi connectivity index (χ3n) is 4.88. The molecule has 0 fully saturated rings. The van der Waals surface area contributed by atoms with Crippen LogP contribution in [-0.4, -0.2) is 27.3 Å². The molecule has 6 nitrogen and oxygen atoms in total. The van der Waals surface area contributed by atoms with E-state index in [1.165, 1.54) is 6.07 Å². The molecule has 1 aromatic carbocycles. The number of carbonyl (C=O) groups is 1. The van der Waals surface area contributed by atoms with Crippen molar-refractivity contribution in [3.8, 4) is 0 Å². The third kappa shape index (κ3) is 4.05. The number of fused-ring (bicyclic) bond motifs is 1. The van der Waals surface area contributed by atoms with Crippen molar-refractivity contribution >= 4 is 23.1 Å². The summed E-state index contributed by atoms with van der Waals surface area (Å²) in [5.41, 5.74) is 8.24. The SMILES string of the molecule is Nc1cccc(C(=O)N2CCc3c(cccc3Nc3ccc(C(F)(F)F)nc3)C2)n1. The molecule has 0 radical (unpaired) electrons. The highest BCUT2D eigenvalue weighted by atomic mass is 19.4. The molecule has 154 valence electrons. The Kier molecular flexibility index (Phi) is 5.03. The molecule has 0 spiro atoms. The van der Waals surface area contributed by atoms with Crippen LogP contribution in [0.15, 0.2) is 54.7 Å². The van der Waals surface area contributed by atoms with Crippen LogP contribution in [0.2, 0.25) is 0 Å². The lowest BCUT2D eigenvalue weighted by Crippen LogP contribution is -2.36. The summed E-state index contributed by atoms with van der Waals surface area (Å²) in [7, 11) is 0. The number of anilines is 3. The van der Waals surface area contributed by atoms with Crippen LogP contribution in [0.4, 0.5) is 30.4 Å². The second-order valence-corrected chi connectivity index (χ2v) is 6.92. The molecule has 1 aliphatic rings. The van der Waals surface area contributed by atoms with Crippen LogP contribution in [-0.2, 0) is 19.1 Å². The number of halogens is 3. The predicted octanol–water partition coefficient (Wildman–Crippen LogP) is 4.02. The number of nitrogens with zero attached hydrogens (tertiary/aromatic N) is 3. The van der Waals surface area contributed by atoms with Crippen LogP contribution in [0.25, 0.3) is 0 Å². The van der Waals surface area contributed by atoms with Crippen molar-refractivity contribution in [2.24, 2.45) is 0 Å². The van der Waals surface area contributed by atoms with E-state index < -0.39 is 11.9 Å². The molecule has 30 heavy (non-hydrogen) atoms. The summed E-state index contributed by atoms with van der Waals surface area (Å²) >= 11 is 0. The Bertz CT molecular complexity index is 1080. The van der Waals surface area contributed by atoms with Gasteiger partial charge in [0.05, 0.1) is 11.9 Å². The fourth-order valence-corrected chi connectivity index (χ4v) is 3.42. The van der Waals surface area contributed by atoms with Crippen LogP contribution >= 0.6 is 0 Å². The van der Waals surface area contributed by atoms with Crippen LogP contribution in [0, 0.1) is 0 Å². The van der Waals surface area contributed by atoms with Gasteiger partial charge in [-0.15, -0.1) is 0 Å². The maximum atomic E-state index is 12.7. The minimum Gasteiger partial charge on any atom is -0.384 e. The molecule has 0 saturated heterocycles. The van der Waals surface area contributed by atoms with Crippen molar-refractivity contribution in [3.05, 3.63) is 77.2 Å². The Hall–Kier alpha value is -3.62. The molecule has 0 saturated carbocycles. The highest BCUT2D eigenvalue weighted by Gasteiger charge is 2.32. The van der Waals surface area contributed by atoms with E-state index in [0.29, 0.717) is 30.9 Å². The van der Waals surface area contributed by atoms with Gasteiger partial charge in [0.1, 0.15) is 17.2 Å². The van der Waals surface area contributed by atoms with Gasteiger partial charge in [0.2, 0.25) is 0 Å². The molecule has 3 aromatic rings. The maximum Gasteiger partial charge on any atom is 0.433 e. The van der Waals surface area contributed by atoms with Gasteiger partial charge < -0.3 is 16.0 Å². The lowest BCUT2D eigenvalue weighted by atomic mass is 9.97. The van der Waals surface area contributed by atoms with E-state index in [1.807, 2.05) is 18.2 Å². The Labute approximate surface area is 170 Å². The van der Waals surface area contributed by atoms with Crippen LogP contribution in [0.5, 0.6) is 0 Å². The molecule has 9 heteroatoms. The summed E-state index contributed by atoms with van der Waals surface area (Å²) in [6, 6.07) is 12.8. The van der Waals surface area contributed by atoms with Gasteiger partial charge >= 0.3 is 6.18 Å². The average Bonchev–Trinajstić information content (AvgIpc) is 2.73. The van der Waals surface area contributed by atoms with Gasteiger partial charge in [0.25, 0.3) is 5.91 Å². The van der Waals surface area contributed by atoms with Crippen molar-refractivity contribution in [1.29, 1.82) is 0 Å². The summed E-state index contributed by atoms with van der Waals surface area (Å²) in [5.74, 6) is 0.0909. The average molecular weight is 413 g/mol. The van der Waals surface area contributed by atoms with Gasteiger partial charge in [-0.2, -0.15) is 13.2 Å². The van der Waals surface area contributed by atoms with E-state index in [4.69, 9.17) is 5.73 Å². The molecule has 0 aliphatic carbocycles. The van der Waals surface area contributed by atoms with Crippen molar-refractivity contribution in [3.63, 3.8) is 0 Å². The quantitative estimate of drug-likeness (QED) is 0.678. The normalized spacial score (nSPS) is 13.6. The number of pyridine rings is 2. The summed E-state index contributed by atoms with van der Waals surface area (Å²) in [5, 5.41) is 3.13. The Morgan fingerprint density at radius 3 is 2.60 bits per heavy atom. The van der Waals surface area contributed by atoms with Crippen molar-refractivity contribution in [1.82, 2.24) is 14.9 Å². The van der Waals surface area contributed by atoms with Gasteiger partial charge in [0.15, 0.2) is 0 Å². The van der Waals surface area contributed by atoms with E-state index in [9.17, 15) is 18.0 Å². The second kappa shape index (κ2) is 7.66. The smallest absolute Gasteiger partial charge is 0.384 e. The first-order chi connectivity index (χ1) is 14.3. The molecule has 2 aromatic heterocycles. The number of amides is 1. The Morgan fingerprint density at radius 2 is 1.90 bits per heavy atom. The summed E-state index contributed by atoms with van der Waals surface area (Å²) in [4.78, 5) is 22.0. The molecule has 4 rings (SSSR count). The number of rotatable bonds is 3. The van der Waals surface area contributed by atoms with Crippen molar-refractivity contribution in [2.75, 3.05) is 17.6 Å². The fraction of sp³-hybridized carbons (Fsp3) is 0.190. The number of benzene rings is 1. The Balaban J connectivity index is 1.52. The van der Waals surface area contributed by atoms with E-state index >= 15 is 0 Å². The van der Waals surface area contributed by atoms with Crippen molar-refractivity contribution < 1.29 is 18.0 Å². The monoisotopic (exact) mass is 413 g/mol. The second-order valence-electron chi connectivity index (χ2n) is 6.92. The molecule has 0 atom stereocenters. The van der Waals surface area contributed by atoms with Crippen LogP contribution in [0.3, 0.4) is 0 Å². The summed E-state index contributed by atoms with van der Waals surface area (Å²) < 4.78 is 38.1. The van der Waals surface area contributed by atoms with Crippen molar-refractivity contribution in [2.45, 2.75) is 19.1 Å². The largest absolute Gasteiger partial charge is 0.433 e. The molecule has 0 bridgehead atoms. The molecule has 1 amide bonds. The van der Waals surface area contributed by atoms with Gasteiger partial charge in [-0.05, 0) is 47.9 Å². The number of hydrogen-bond acceptors (Lipinski definition) is 5. The number of nitrogen functional groups attached to an aromatic ring is 1. The van der Waals surface area contributed by atoms with E-state index in [0.717, 1.165) is 29.1 Å². The zero-order valence-electron chi connectivity index (χ0n) is 15.8. The summed E-state index contributed by atoms with van der Waals surface area (Å²) in [6.07, 6.45) is -2.72. The first kappa shape index (κ1) is 19.7. The Morgan fingerprint density at radius 1 is 1.10 bits per heavy atom. The zero-order valence-corrected chi connectivity index (χ0v) is 15.8. The molecular weight excluding hydrogens is 395 g/mol. The molecular formula is C21H18F3N5O. The first-order valence-electron chi connectivity index (χ1n) is 9.24. The number of carbonyl (C=O) groups excluding carboxylic acids is 1. The lowest BCUT2D eigenvalue weighted by molar-refractivity contribution is -0.141. The minimum absolute atomic E-state index is 0.196. The molecule has 3 N–H and O–H groups in total. The summed E-state index contributed by atoms with van der Waals surface area (Å²) in [6.45, 7) is 0.900. The van der Waals surface area contributed by atoms with E-state index in [-0.39, 0.29) is 11.7 Å². The number of nitrogens with one attached hydrogen (secondary N) is 1. The highest BCUT2D eigenvalue weighted by molar-refractivity contribution is 5.92. The van der Waals surface area contributed by atoms with Gasteiger partial charge in [-0.25, -0.2) is 9.97 Å². The number of nitrogens with two attached hydrogens (primary N) is 1. The van der Waals surface area contributed by atoms with Gasteiger partial charge in [-0.3, -0.25) is 4.79 Å². The standard InChI is InChI=1S/C21H18F3N5O/c22-21(23,24)18-8-7-14(11-26-18)27-16-4-1-3-13-12-29(10-9-15(13)16)20(30)17-5-2-6-19(25)28-17/h1-8,11,27H,9-10,12H2,(H2,25,28). The van der Waals surface area contributed by atoms with Crippen LogP contribution in [0.1, 0.15) is 27.3 Å². The number of aromatic nitrogens is 2. The number of hydrogen-bond donors (Lipinski definition) is 2. The molecule has 3 heterocycles. The molecule has 0 unspecified atom stereocenters. The van der Waals surface area contributed by atoms with Crippen LogP contribution < -0.4 is 11.1 Å². The predicted molar refractivity (Wildman–Crippen MR) is 106 cm³/mol. The number of alkyl halides is 3. The minimum atomic E-state index is -4.47. The zero-order chi connectivity index (χ0) is 21.3. The maximum absolute atomic E-state index is 12.7. The topological polar surface area (TPSA) is 84.1 Å². The third-order valence-corrected chi connectivity index (χ3v) is 4.88. The lowest BCUT2D eigenvalue weighted by Gasteiger charge is -2.30. The van der Waals surface area contributed by atoms with Gasteiger partial charge in [-0.1, -0.05) is 18.2 Å². The van der Waals surface area contributed by atoms with E-state index in [1.54, 1.807) is 23.1 Å². The molecule has 1 aliphatic heterocycles. The van der Waals surface area contributed by atoms with E-state index in [2.05, 4.69) is 15.3 Å².